The zero-order valence-corrected chi connectivity index (χ0v) is 15.2. The highest BCUT2D eigenvalue weighted by molar-refractivity contribution is 7.18. The molecule has 0 aliphatic rings. The van der Waals surface area contributed by atoms with Crippen molar-refractivity contribution in [3.8, 4) is 11.5 Å². The third-order valence-corrected chi connectivity index (χ3v) is 4.89. The van der Waals surface area contributed by atoms with Crippen LogP contribution in [0.1, 0.15) is 24.3 Å². The van der Waals surface area contributed by atoms with Gasteiger partial charge in [-0.3, -0.25) is 0 Å². The van der Waals surface area contributed by atoms with Crippen LogP contribution in [-0.4, -0.2) is 23.2 Å². The monoisotopic (exact) mass is 343 g/mol. The molecule has 0 saturated carbocycles. The van der Waals surface area contributed by atoms with Gasteiger partial charge in [0.2, 0.25) is 0 Å². The summed E-state index contributed by atoms with van der Waals surface area (Å²) in [5.74, 6) is 2.29. The van der Waals surface area contributed by atoms with Crippen molar-refractivity contribution in [2.75, 3.05) is 18.5 Å². The fourth-order valence-electron chi connectivity index (χ4n) is 2.54. The van der Waals surface area contributed by atoms with E-state index in [9.17, 15) is 0 Å². The molecule has 0 aliphatic carbocycles. The number of aryl methyl sites for hydroxylation is 2. The van der Waals surface area contributed by atoms with Gasteiger partial charge in [-0.25, -0.2) is 9.97 Å². The van der Waals surface area contributed by atoms with Crippen LogP contribution in [0.25, 0.3) is 10.2 Å². The van der Waals surface area contributed by atoms with Crippen molar-refractivity contribution in [1.82, 2.24) is 9.97 Å². The Morgan fingerprint density at radius 3 is 2.54 bits per heavy atom. The molecule has 5 nitrogen and oxygen atoms in total. The van der Waals surface area contributed by atoms with E-state index in [1.807, 2.05) is 32.0 Å². The van der Waals surface area contributed by atoms with Crippen LogP contribution in [0.5, 0.6) is 11.5 Å². The van der Waals surface area contributed by atoms with Gasteiger partial charge in [0.15, 0.2) is 11.5 Å². The number of hydrogen-bond acceptors (Lipinski definition) is 6. The van der Waals surface area contributed by atoms with E-state index in [1.54, 1.807) is 17.7 Å². The van der Waals surface area contributed by atoms with E-state index >= 15 is 0 Å². The van der Waals surface area contributed by atoms with Gasteiger partial charge in [0.05, 0.1) is 18.6 Å². The van der Waals surface area contributed by atoms with Crippen molar-refractivity contribution in [2.45, 2.75) is 27.7 Å². The molecule has 0 radical (unpaired) electrons. The molecule has 0 fully saturated rings. The standard InChI is InChI=1S/C18H21N3O2S/c1-5-22-14-8-7-13(9-15(14)23-6-2)21-17-16-11(3)12(4)24-18(16)20-10-19-17/h7-10H,5-6H2,1-4H3,(H,19,20,21). The van der Waals surface area contributed by atoms with Gasteiger partial charge in [0, 0.05) is 16.6 Å². The number of fused-ring (bicyclic) bond motifs is 1. The van der Waals surface area contributed by atoms with Crippen molar-refractivity contribution >= 4 is 33.1 Å². The lowest BCUT2D eigenvalue weighted by molar-refractivity contribution is 0.288. The van der Waals surface area contributed by atoms with Crippen LogP contribution in [0.15, 0.2) is 24.5 Å². The first kappa shape index (κ1) is 16.5. The Balaban J connectivity index is 1.98. The van der Waals surface area contributed by atoms with E-state index < -0.39 is 0 Å². The maximum Gasteiger partial charge on any atom is 0.163 e. The van der Waals surface area contributed by atoms with Crippen LogP contribution >= 0.6 is 11.3 Å². The summed E-state index contributed by atoms with van der Waals surface area (Å²) < 4.78 is 11.3. The average Bonchev–Trinajstić information content (AvgIpc) is 2.86. The third kappa shape index (κ3) is 3.14. The third-order valence-electron chi connectivity index (χ3n) is 3.77. The van der Waals surface area contributed by atoms with Crippen LogP contribution in [0.4, 0.5) is 11.5 Å². The number of hydrogen-bond donors (Lipinski definition) is 1. The van der Waals surface area contributed by atoms with Crippen molar-refractivity contribution in [3.63, 3.8) is 0 Å². The van der Waals surface area contributed by atoms with Crippen molar-refractivity contribution in [3.05, 3.63) is 35.0 Å². The zero-order chi connectivity index (χ0) is 17.1. The maximum absolute atomic E-state index is 5.69. The summed E-state index contributed by atoms with van der Waals surface area (Å²) >= 11 is 1.69. The SMILES string of the molecule is CCOc1ccc(Nc2ncnc3sc(C)c(C)c23)cc1OCC. The molecule has 0 amide bonds. The minimum absolute atomic E-state index is 0.587. The first-order valence-corrected chi connectivity index (χ1v) is 8.83. The molecular formula is C18H21N3O2S. The highest BCUT2D eigenvalue weighted by Gasteiger charge is 2.13. The van der Waals surface area contributed by atoms with Crippen LogP contribution in [0, 0.1) is 13.8 Å². The second-order valence-corrected chi connectivity index (χ2v) is 6.54. The summed E-state index contributed by atoms with van der Waals surface area (Å²) in [6.07, 6.45) is 1.60. The molecule has 3 rings (SSSR count). The Morgan fingerprint density at radius 1 is 1.04 bits per heavy atom. The largest absolute Gasteiger partial charge is 0.490 e. The lowest BCUT2D eigenvalue weighted by Crippen LogP contribution is -2.00. The zero-order valence-electron chi connectivity index (χ0n) is 14.3. The number of ether oxygens (including phenoxy) is 2. The number of benzene rings is 1. The molecule has 0 bridgehead atoms. The molecule has 0 unspecified atom stereocenters. The molecule has 2 aromatic heterocycles. The summed E-state index contributed by atoms with van der Waals surface area (Å²) in [4.78, 5) is 11.1. The van der Waals surface area contributed by atoms with Crippen LogP contribution in [0.3, 0.4) is 0 Å². The summed E-state index contributed by atoms with van der Waals surface area (Å²) in [5, 5.41) is 4.46. The molecule has 2 heterocycles. The van der Waals surface area contributed by atoms with E-state index in [2.05, 4.69) is 29.1 Å². The van der Waals surface area contributed by atoms with Gasteiger partial charge in [-0.05, 0) is 45.4 Å². The Bertz CT molecular complexity index is 861. The topological polar surface area (TPSA) is 56.3 Å². The van der Waals surface area contributed by atoms with Crippen LogP contribution in [-0.2, 0) is 0 Å². The van der Waals surface area contributed by atoms with E-state index in [0.717, 1.165) is 33.2 Å². The van der Waals surface area contributed by atoms with Gasteiger partial charge in [0.25, 0.3) is 0 Å². The molecule has 0 aliphatic heterocycles. The number of nitrogens with zero attached hydrogens (tertiary/aromatic N) is 2. The summed E-state index contributed by atoms with van der Waals surface area (Å²) in [7, 11) is 0. The fourth-order valence-corrected chi connectivity index (χ4v) is 3.54. The summed E-state index contributed by atoms with van der Waals surface area (Å²) in [5.41, 5.74) is 2.12. The number of nitrogens with one attached hydrogen (secondary N) is 1. The first-order chi connectivity index (χ1) is 11.6. The highest BCUT2D eigenvalue weighted by atomic mass is 32.1. The maximum atomic E-state index is 5.69. The molecule has 6 heteroatoms. The van der Waals surface area contributed by atoms with Gasteiger partial charge < -0.3 is 14.8 Å². The molecule has 126 valence electrons. The minimum Gasteiger partial charge on any atom is -0.490 e. The van der Waals surface area contributed by atoms with E-state index in [1.165, 1.54) is 10.4 Å². The average molecular weight is 343 g/mol. The predicted octanol–water partition coefficient (Wildman–Crippen LogP) is 4.85. The number of thiophene rings is 1. The number of rotatable bonds is 6. The molecule has 0 atom stereocenters. The Hall–Kier alpha value is -2.34. The quantitative estimate of drug-likeness (QED) is 0.693. The molecule has 24 heavy (non-hydrogen) atoms. The van der Waals surface area contributed by atoms with E-state index in [-0.39, 0.29) is 0 Å². The van der Waals surface area contributed by atoms with Crippen molar-refractivity contribution in [2.24, 2.45) is 0 Å². The Labute approximate surface area is 145 Å². The predicted molar refractivity (Wildman–Crippen MR) is 99.0 cm³/mol. The molecular weight excluding hydrogens is 322 g/mol. The van der Waals surface area contributed by atoms with E-state index in [4.69, 9.17) is 9.47 Å². The van der Waals surface area contributed by atoms with Crippen molar-refractivity contribution < 1.29 is 9.47 Å². The molecule has 3 aromatic rings. The Morgan fingerprint density at radius 2 is 1.79 bits per heavy atom. The van der Waals surface area contributed by atoms with Gasteiger partial charge in [-0.1, -0.05) is 0 Å². The molecule has 0 spiro atoms. The van der Waals surface area contributed by atoms with Crippen LogP contribution < -0.4 is 14.8 Å². The fraction of sp³-hybridized carbons (Fsp3) is 0.333. The van der Waals surface area contributed by atoms with Gasteiger partial charge >= 0.3 is 0 Å². The van der Waals surface area contributed by atoms with Crippen molar-refractivity contribution in [1.29, 1.82) is 0 Å². The van der Waals surface area contributed by atoms with Gasteiger partial charge in [-0.15, -0.1) is 11.3 Å². The highest BCUT2D eigenvalue weighted by Crippen LogP contribution is 2.36. The lowest BCUT2D eigenvalue weighted by atomic mass is 10.2. The molecule has 1 aromatic carbocycles. The Kier molecular flexibility index (Phi) is 4.85. The molecule has 1 N–H and O–H groups in total. The number of anilines is 2. The van der Waals surface area contributed by atoms with E-state index in [0.29, 0.717) is 13.2 Å². The minimum atomic E-state index is 0.587. The lowest BCUT2D eigenvalue weighted by Gasteiger charge is -2.13. The number of aromatic nitrogens is 2. The second kappa shape index (κ2) is 7.05. The first-order valence-electron chi connectivity index (χ1n) is 8.01. The normalized spacial score (nSPS) is 10.8. The summed E-state index contributed by atoms with van der Waals surface area (Å²) in [6.45, 7) is 9.32. The smallest absolute Gasteiger partial charge is 0.163 e. The molecule has 0 saturated heterocycles. The second-order valence-electron chi connectivity index (χ2n) is 5.34. The van der Waals surface area contributed by atoms with Gasteiger partial charge in [0.1, 0.15) is 17.0 Å². The van der Waals surface area contributed by atoms with Crippen LogP contribution in [0.2, 0.25) is 0 Å². The summed E-state index contributed by atoms with van der Waals surface area (Å²) in [6, 6.07) is 5.83. The van der Waals surface area contributed by atoms with Gasteiger partial charge in [-0.2, -0.15) is 0 Å².